The van der Waals surface area contributed by atoms with Crippen LogP contribution in [0, 0.1) is 5.92 Å². The number of ether oxygens (including phenoxy) is 1. The lowest BCUT2D eigenvalue weighted by molar-refractivity contribution is 0.0662. The molecule has 7 heteroatoms. The first-order chi connectivity index (χ1) is 18.6. The molecule has 3 unspecified atom stereocenters. The molecule has 7 nitrogen and oxygen atoms in total. The summed E-state index contributed by atoms with van der Waals surface area (Å²) in [4.78, 5) is 20.3. The molecule has 2 bridgehead atoms. The zero-order valence-electron chi connectivity index (χ0n) is 21.6. The number of piperidine rings is 1. The lowest BCUT2D eigenvalue weighted by Gasteiger charge is -2.36. The van der Waals surface area contributed by atoms with Gasteiger partial charge in [-0.3, -0.25) is 14.9 Å². The van der Waals surface area contributed by atoms with E-state index in [1.54, 1.807) is 6.20 Å². The van der Waals surface area contributed by atoms with Gasteiger partial charge in [-0.15, -0.1) is 0 Å². The van der Waals surface area contributed by atoms with Crippen LogP contribution in [0.15, 0.2) is 66.9 Å². The van der Waals surface area contributed by atoms with Crippen molar-refractivity contribution in [2.45, 2.75) is 62.8 Å². The summed E-state index contributed by atoms with van der Waals surface area (Å²) in [6.45, 7) is 0. The summed E-state index contributed by atoms with van der Waals surface area (Å²) in [6, 6.07) is 21.0. The van der Waals surface area contributed by atoms with E-state index in [-0.39, 0.29) is 18.1 Å². The molecule has 3 atom stereocenters. The fourth-order valence-electron chi connectivity index (χ4n) is 6.36. The van der Waals surface area contributed by atoms with Crippen LogP contribution in [-0.2, 0) is 0 Å². The minimum absolute atomic E-state index is 0.0597. The zero-order chi connectivity index (χ0) is 25.6. The van der Waals surface area contributed by atoms with E-state index < -0.39 is 0 Å². The number of amides is 1. The number of aromatic amines is 1. The van der Waals surface area contributed by atoms with Crippen LogP contribution in [-0.4, -0.2) is 51.2 Å². The predicted molar refractivity (Wildman–Crippen MR) is 147 cm³/mol. The van der Waals surface area contributed by atoms with E-state index in [0.717, 1.165) is 59.3 Å². The van der Waals surface area contributed by atoms with E-state index >= 15 is 0 Å². The summed E-state index contributed by atoms with van der Waals surface area (Å²) < 4.78 is 6.38. The second kappa shape index (κ2) is 9.55. The molecular weight excluding hydrogens is 474 g/mol. The second-order valence-corrected chi connectivity index (χ2v) is 11.2. The standard InChI is InChI=1S/C31H33N5O2/c1-36-22-10-11-23(36)18-25(17-22)38-24-12-7-19(8-13-24)29-26-16-21(9-14-27(26)34-35-29)31(37)33-30(20-5-6-20)28-4-2-3-15-32-28/h2-4,7-9,12-16,20,22-23,25,30H,5-6,10-11,17-18H2,1H3,(H,33,37)(H,34,35). The van der Waals surface area contributed by atoms with Gasteiger partial charge in [-0.05, 0) is 106 Å². The van der Waals surface area contributed by atoms with Crippen molar-refractivity contribution in [1.82, 2.24) is 25.4 Å². The van der Waals surface area contributed by atoms with Gasteiger partial charge in [0.2, 0.25) is 0 Å². The fourth-order valence-corrected chi connectivity index (χ4v) is 6.36. The van der Waals surface area contributed by atoms with Crippen molar-refractivity contribution >= 4 is 16.8 Å². The molecular formula is C31H33N5O2. The van der Waals surface area contributed by atoms with Gasteiger partial charge in [-0.1, -0.05) is 6.07 Å². The minimum Gasteiger partial charge on any atom is -0.490 e. The van der Waals surface area contributed by atoms with Gasteiger partial charge in [0.05, 0.1) is 22.9 Å². The first-order valence-corrected chi connectivity index (χ1v) is 13.8. The SMILES string of the molecule is CN1C2CCC1CC(Oc1ccc(-c3n[nH]c4ccc(C(=O)NC(c5ccccn5)C5CC5)cc34)cc1)C2. The molecule has 1 amide bonds. The molecule has 2 aromatic heterocycles. The Labute approximate surface area is 222 Å². The quantitative estimate of drug-likeness (QED) is 0.345. The number of hydrogen-bond acceptors (Lipinski definition) is 5. The summed E-state index contributed by atoms with van der Waals surface area (Å²) in [5, 5.41) is 11.9. The van der Waals surface area contributed by atoms with Gasteiger partial charge in [0.15, 0.2) is 0 Å². The van der Waals surface area contributed by atoms with Crippen molar-refractivity contribution in [2.75, 3.05) is 7.05 Å². The van der Waals surface area contributed by atoms with Gasteiger partial charge >= 0.3 is 0 Å². The van der Waals surface area contributed by atoms with E-state index in [0.29, 0.717) is 23.6 Å². The third kappa shape index (κ3) is 4.45. The van der Waals surface area contributed by atoms with Crippen LogP contribution in [0.5, 0.6) is 5.75 Å². The van der Waals surface area contributed by atoms with E-state index in [9.17, 15) is 4.79 Å². The van der Waals surface area contributed by atoms with Crippen molar-refractivity contribution in [2.24, 2.45) is 5.92 Å². The van der Waals surface area contributed by atoms with Crippen molar-refractivity contribution in [3.05, 3.63) is 78.1 Å². The monoisotopic (exact) mass is 507 g/mol. The maximum atomic E-state index is 13.3. The molecule has 0 radical (unpaired) electrons. The summed E-state index contributed by atoms with van der Waals surface area (Å²) in [7, 11) is 2.25. The summed E-state index contributed by atoms with van der Waals surface area (Å²) >= 11 is 0. The number of benzene rings is 2. The number of hydrogen-bond donors (Lipinski definition) is 2. The molecule has 2 aliphatic heterocycles. The highest BCUT2D eigenvalue weighted by Crippen LogP contribution is 2.41. The van der Waals surface area contributed by atoms with E-state index in [4.69, 9.17) is 4.74 Å². The molecule has 4 heterocycles. The Hall–Kier alpha value is -3.71. The van der Waals surface area contributed by atoms with Crippen LogP contribution < -0.4 is 10.1 Å². The Morgan fingerprint density at radius 2 is 1.82 bits per heavy atom. The number of H-pyrrole nitrogens is 1. The van der Waals surface area contributed by atoms with Crippen LogP contribution in [0.1, 0.15) is 60.6 Å². The molecule has 4 aromatic rings. The molecule has 38 heavy (non-hydrogen) atoms. The van der Waals surface area contributed by atoms with Crippen LogP contribution in [0.25, 0.3) is 22.2 Å². The number of fused-ring (bicyclic) bond motifs is 3. The average Bonchev–Trinajstić information content (AvgIpc) is 3.67. The third-order valence-electron chi connectivity index (χ3n) is 8.70. The smallest absolute Gasteiger partial charge is 0.251 e. The zero-order valence-corrected chi connectivity index (χ0v) is 21.6. The van der Waals surface area contributed by atoms with Gasteiger partial charge in [0.25, 0.3) is 5.91 Å². The van der Waals surface area contributed by atoms with Gasteiger partial charge < -0.3 is 15.0 Å². The number of aromatic nitrogens is 3. The summed E-state index contributed by atoms with van der Waals surface area (Å²) in [5.74, 6) is 1.27. The van der Waals surface area contributed by atoms with Gasteiger partial charge in [-0.25, -0.2) is 0 Å². The normalized spacial score (nSPS) is 23.9. The number of nitrogens with zero attached hydrogens (tertiary/aromatic N) is 3. The maximum Gasteiger partial charge on any atom is 0.251 e. The third-order valence-corrected chi connectivity index (χ3v) is 8.70. The fraction of sp³-hybridized carbons (Fsp3) is 0.387. The van der Waals surface area contributed by atoms with E-state index in [1.165, 1.54) is 12.8 Å². The Morgan fingerprint density at radius 1 is 1.03 bits per heavy atom. The largest absolute Gasteiger partial charge is 0.490 e. The van der Waals surface area contributed by atoms with Crippen molar-refractivity contribution in [3.8, 4) is 17.0 Å². The maximum absolute atomic E-state index is 13.3. The highest BCUT2D eigenvalue weighted by atomic mass is 16.5. The number of carbonyl (C=O) groups is 1. The minimum atomic E-state index is -0.0857. The molecule has 194 valence electrons. The lowest BCUT2D eigenvalue weighted by atomic mass is 10.0. The Bertz CT molecular complexity index is 1430. The molecule has 1 aliphatic carbocycles. The van der Waals surface area contributed by atoms with Crippen molar-refractivity contribution in [1.29, 1.82) is 0 Å². The van der Waals surface area contributed by atoms with E-state index in [1.807, 2.05) is 48.5 Å². The van der Waals surface area contributed by atoms with Crippen LogP contribution in [0.2, 0.25) is 0 Å². The summed E-state index contributed by atoms with van der Waals surface area (Å²) in [6.07, 6.45) is 9.09. The van der Waals surface area contributed by atoms with Gasteiger partial charge in [-0.2, -0.15) is 5.10 Å². The number of rotatable bonds is 7. The summed E-state index contributed by atoms with van der Waals surface area (Å²) in [5.41, 5.74) is 4.28. The molecule has 3 aliphatic rings. The van der Waals surface area contributed by atoms with Gasteiger partial charge in [0.1, 0.15) is 11.9 Å². The van der Waals surface area contributed by atoms with Crippen LogP contribution >= 0.6 is 0 Å². The second-order valence-electron chi connectivity index (χ2n) is 11.2. The first-order valence-electron chi connectivity index (χ1n) is 13.8. The van der Waals surface area contributed by atoms with Crippen LogP contribution in [0.4, 0.5) is 0 Å². The molecule has 1 saturated carbocycles. The molecule has 0 spiro atoms. The number of pyridine rings is 1. The highest BCUT2D eigenvalue weighted by Gasteiger charge is 2.39. The van der Waals surface area contributed by atoms with Crippen LogP contribution in [0.3, 0.4) is 0 Å². The van der Waals surface area contributed by atoms with Crippen molar-refractivity contribution in [3.63, 3.8) is 0 Å². The lowest BCUT2D eigenvalue weighted by Crippen LogP contribution is -2.43. The number of carbonyl (C=O) groups excluding carboxylic acids is 1. The molecule has 2 aromatic carbocycles. The molecule has 7 rings (SSSR count). The van der Waals surface area contributed by atoms with E-state index in [2.05, 4.69) is 44.6 Å². The number of nitrogens with one attached hydrogen (secondary N) is 2. The molecule has 3 fully saturated rings. The topological polar surface area (TPSA) is 83.1 Å². The Balaban J connectivity index is 1.08. The Morgan fingerprint density at radius 3 is 2.53 bits per heavy atom. The van der Waals surface area contributed by atoms with Crippen molar-refractivity contribution < 1.29 is 9.53 Å². The highest BCUT2D eigenvalue weighted by molar-refractivity contribution is 6.01. The Kier molecular flexibility index (Phi) is 5.88. The predicted octanol–water partition coefficient (Wildman–Crippen LogP) is 5.51. The molecule has 2 N–H and O–H groups in total. The van der Waals surface area contributed by atoms with Gasteiger partial charge in [0, 0.05) is 34.8 Å². The molecule has 2 saturated heterocycles. The average molecular weight is 508 g/mol. The first kappa shape index (κ1) is 23.4.